The predicted molar refractivity (Wildman–Crippen MR) is 94.2 cm³/mol. The fourth-order valence-corrected chi connectivity index (χ4v) is 2.95. The maximum Gasteiger partial charge on any atom is 0.311 e. The van der Waals surface area contributed by atoms with E-state index in [9.17, 15) is 14.7 Å². The Morgan fingerprint density at radius 1 is 1.16 bits per heavy atom. The second-order valence-corrected chi connectivity index (χ2v) is 6.86. The smallest absolute Gasteiger partial charge is 0.311 e. The molecule has 0 radical (unpaired) electrons. The average Bonchev–Trinajstić information content (AvgIpc) is 3.00. The number of carboxylic acids is 1. The Morgan fingerprint density at radius 2 is 1.88 bits per heavy atom. The SMILES string of the molecule is CC1(C(=O)O)CCN(C(=O)c2cccc(Oc3ccc(Cl)cc3)c2)C1. The van der Waals surface area contributed by atoms with Gasteiger partial charge in [-0.2, -0.15) is 0 Å². The van der Waals surface area contributed by atoms with Crippen molar-refractivity contribution in [3.05, 3.63) is 59.1 Å². The summed E-state index contributed by atoms with van der Waals surface area (Å²) in [5, 5.41) is 9.92. The van der Waals surface area contributed by atoms with Crippen molar-refractivity contribution >= 4 is 23.5 Å². The van der Waals surface area contributed by atoms with Crippen LogP contribution in [0.4, 0.5) is 0 Å². The molecule has 25 heavy (non-hydrogen) atoms. The Hall–Kier alpha value is -2.53. The highest BCUT2D eigenvalue weighted by atomic mass is 35.5. The van der Waals surface area contributed by atoms with Gasteiger partial charge in [0, 0.05) is 23.7 Å². The number of nitrogens with zero attached hydrogens (tertiary/aromatic N) is 1. The van der Waals surface area contributed by atoms with Crippen LogP contribution in [0.3, 0.4) is 0 Å². The highest BCUT2D eigenvalue weighted by molar-refractivity contribution is 6.30. The van der Waals surface area contributed by atoms with E-state index in [1.165, 1.54) is 0 Å². The summed E-state index contributed by atoms with van der Waals surface area (Å²) in [6.45, 7) is 2.32. The van der Waals surface area contributed by atoms with Crippen LogP contribution in [0.25, 0.3) is 0 Å². The number of benzene rings is 2. The summed E-state index contributed by atoms with van der Waals surface area (Å²) in [6.07, 6.45) is 0.453. The second kappa shape index (κ2) is 6.76. The van der Waals surface area contributed by atoms with E-state index >= 15 is 0 Å². The first-order chi connectivity index (χ1) is 11.9. The number of carboxylic acid groups (broad SMARTS) is 1. The van der Waals surface area contributed by atoms with Crippen LogP contribution in [0.2, 0.25) is 5.02 Å². The topological polar surface area (TPSA) is 66.8 Å². The van der Waals surface area contributed by atoms with Gasteiger partial charge in [-0.1, -0.05) is 17.7 Å². The number of amides is 1. The fraction of sp³-hybridized carbons (Fsp3) is 0.263. The molecule has 1 saturated heterocycles. The van der Waals surface area contributed by atoms with Crippen molar-refractivity contribution in [1.29, 1.82) is 0 Å². The lowest BCUT2D eigenvalue weighted by atomic mass is 9.90. The van der Waals surface area contributed by atoms with Gasteiger partial charge in [-0.3, -0.25) is 9.59 Å². The van der Waals surface area contributed by atoms with Crippen LogP contribution in [0.15, 0.2) is 48.5 Å². The third-order valence-corrected chi connectivity index (χ3v) is 4.66. The molecule has 2 aromatic rings. The molecule has 1 N–H and O–H groups in total. The van der Waals surface area contributed by atoms with E-state index in [2.05, 4.69) is 0 Å². The zero-order valence-corrected chi connectivity index (χ0v) is 14.5. The van der Waals surface area contributed by atoms with Crippen molar-refractivity contribution in [1.82, 2.24) is 4.90 Å². The quantitative estimate of drug-likeness (QED) is 0.893. The van der Waals surface area contributed by atoms with Gasteiger partial charge in [0.05, 0.1) is 5.41 Å². The summed E-state index contributed by atoms with van der Waals surface area (Å²) in [4.78, 5) is 25.6. The van der Waals surface area contributed by atoms with Gasteiger partial charge in [0.25, 0.3) is 5.91 Å². The molecule has 130 valence electrons. The number of aliphatic carboxylic acids is 1. The number of carbonyl (C=O) groups excluding carboxylic acids is 1. The molecule has 1 fully saturated rings. The van der Waals surface area contributed by atoms with E-state index < -0.39 is 11.4 Å². The van der Waals surface area contributed by atoms with Gasteiger partial charge in [-0.05, 0) is 55.8 Å². The molecule has 0 aromatic heterocycles. The summed E-state index contributed by atoms with van der Waals surface area (Å²) in [6, 6.07) is 13.8. The lowest BCUT2D eigenvalue weighted by Crippen LogP contribution is -2.34. The zero-order chi connectivity index (χ0) is 18.0. The van der Waals surface area contributed by atoms with Crippen molar-refractivity contribution in [2.75, 3.05) is 13.1 Å². The second-order valence-electron chi connectivity index (χ2n) is 6.43. The molecular weight excluding hydrogens is 342 g/mol. The van der Waals surface area contributed by atoms with Crippen LogP contribution >= 0.6 is 11.6 Å². The molecule has 1 atom stereocenters. The molecule has 3 rings (SSSR count). The average molecular weight is 360 g/mol. The molecule has 0 bridgehead atoms. The first-order valence-corrected chi connectivity index (χ1v) is 8.31. The lowest BCUT2D eigenvalue weighted by molar-refractivity contribution is -0.147. The fourth-order valence-electron chi connectivity index (χ4n) is 2.82. The lowest BCUT2D eigenvalue weighted by Gasteiger charge is -2.20. The summed E-state index contributed by atoms with van der Waals surface area (Å²) in [5.41, 5.74) is -0.409. The van der Waals surface area contributed by atoms with Gasteiger partial charge in [0.1, 0.15) is 11.5 Å². The summed E-state index contributed by atoms with van der Waals surface area (Å²) in [5.74, 6) is 0.0937. The predicted octanol–water partition coefficient (Wildman–Crippen LogP) is 4.07. The minimum atomic E-state index is -0.882. The number of likely N-dealkylation sites (tertiary alicyclic amines) is 1. The van der Waals surface area contributed by atoms with Crippen molar-refractivity contribution in [3.63, 3.8) is 0 Å². The molecule has 0 aliphatic carbocycles. The van der Waals surface area contributed by atoms with E-state index in [-0.39, 0.29) is 12.5 Å². The monoisotopic (exact) mass is 359 g/mol. The third kappa shape index (κ3) is 3.77. The first kappa shape index (κ1) is 17.3. The number of rotatable bonds is 4. The standard InChI is InChI=1S/C19H18ClNO4/c1-19(18(23)24)9-10-21(12-19)17(22)13-3-2-4-16(11-13)25-15-7-5-14(20)6-8-15/h2-8,11H,9-10,12H2,1H3,(H,23,24). The summed E-state index contributed by atoms with van der Waals surface area (Å²) in [7, 11) is 0. The largest absolute Gasteiger partial charge is 0.481 e. The maximum absolute atomic E-state index is 12.7. The Bertz CT molecular complexity index is 805. The van der Waals surface area contributed by atoms with E-state index in [0.29, 0.717) is 35.1 Å². The summed E-state index contributed by atoms with van der Waals surface area (Å²) >= 11 is 5.85. The first-order valence-electron chi connectivity index (χ1n) is 7.93. The number of ether oxygens (including phenoxy) is 1. The molecule has 0 spiro atoms. The molecule has 6 heteroatoms. The Labute approximate surface area is 150 Å². The molecule has 1 amide bonds. The Balaban J connectivity index is 1.74. The molecular formula is C19H18ClNO4. The molecule has 1 heterocycles. The molecule has 1 aliphatic heterocycles. The highest BCUT2D eigenvalue weighted by Gasteiger charge is 2.42. The van der Waals surface area contributed by atoms with Gasteiger partial charge in [-0.25, -0.2) is 0 Å². The van der Waals surface area contributed by atoms with E-state index in [0.717, 1.165) is 0 Å². The van der Waals surface area contributed by atoms with Gasteiger partial charge >= 0.3 is 5.97 Å². The van der Waals surface area contributed by atoms with Crippen molar-refractivity contribution in [2.45, 2.75) is 13.3 Å². The summed E-state index contributed by atoms with van der Waals surface area (Å²) < 4.78 is 5.74. The third-order valence-electron chi connectivity index (χ3n) is 4.41. The normalized spacial score (nSPS) is 19.7. The molecule has 0 saturated carbocycles. The van der Waals surface area contributed by atoms with E-state index in [1.807, 2.05) is 0 Å². The van der Waals surface area contributed by atoms with Crippen LogP contribution in [0, 0.1) is 5.41 Å². The van der Waals surface area contributed by atoms with Crippen molar-refractivity contribution in [2.24, 2.45) is 5.41 Å². The highest BCUT2D eigenvalue weighted by Crippen LogP contribution is 2.31. The van der Waals surface area contributed by atoms with E-state index in [4.69, 9.17) is 16.3 Å². The minimum Gasteiger partial charge on any atom is -0.481 e. The van der Waals surface area contributed by atoms with Gasteiger partial charge in [-0.15, -0.1) is 0 Å². The minimum absolute atomic E-state index is 0.188. The number of hydrogen-bond acceptors (Lipinski definition) is 3. The Kier molecular flexibility index (Phi) is 4.68. The van der Waals surface area contributed by atoms with Crippen molar-refractivity contribution < 1.29 is 19.4 Å². The van der Waals surface area contributed by atoms with Gasteiger partial charge < -0.3 is 14.7 Å². The van der Waals surface area contributed by atoms with Crippen LogP contribution in [0.1, 0.15) is 23.7 Å². The molecule has 2 aromatic carbocycles. The van der Waals surface area contributed by atoms with Crippen LogP contribution in [0.5, 0.6) is 11.5 Å². The van der Waals surface area contributed by atoms with Crippen molar-refractivity contribution in [3.8, 4) is 11.5 Å². The van der Waals surface area contributed by atoms with Crippen LogP contribution in [-0.4, -0.2) is 35.0 Å². The van der Waals surface area contributed by atoms with Crippen LogP contribution in [-0.2, 0) is 4.79 Å². The van der Waals surface area contributed by atoms with Gasteiger partial charge in [0.2, 0.25) is 0 Å². The molecule has 1 unspecified atom stereocenters. The van der Waals surface area contributed by atoms with Crippen LogP contribution < -0.4 is 4.74 Å². The maximum atomic E-state index is 12.7. The molecule has 5 nitrogen and oxygen atoms in total. The molecule has 1 aliphatic rings. The Morgan fingerprint density at radius 3 is 2.52 bits per heavy atom. The van der Waals surface area contributed by atoms with Gasteiger partial charge in [0.15, 0.2) is 0 Å². The zero-order valence-electron chi connectivity index (χ0n) is 13.7. The number of halogens is 1. The number of carbonyl (C=O) groups is 2. The number of hydrogen-bond donors (Lipinski definition) is 1. The van der Waals surface area contributed by atoms with E-state index in [1.54, 1.807) is 60.4 Å².